The van der Waals surface area contributed by atoms with Crippen molar-refractivity contribution in [2.24, 2.45) is 0 Å². The zero-order valence-electron chi connectivity index (χ0n) is 22.6. The average molecular weight is 511 g/mol. The molecule has 3 saturated heterocycles. The Morgan fingerprint density at radius 3 is 2.71 bits per heavy atom. The Morgan fingerprint density at radius 2 is 1.89 bits per heavy atom. The highest BCUT2D eigenvalue weighted by molar-refractivity contribution is 5.95. The fourth-order valence-corrected chi connectivity index (χ4v) is 6.54. The lowest BCUT2D eigenvalue weighted by molar-refractivity contribution is 0.0355. The summed E-state index contributed by atoms with van der Waals surface area (Å²) in [7, 11) is 0. The van der Waals surface area contributed by atoms with Gasteiger partial charge in [0.25, 0.3) is 0 Å². The summed E-state index contributed by atoms with van der Waals surface area (Å²) < 4.78 is 0. The van der Waals surface area contributed by atoms with Crippen molar-refractivity contribution >= 4 is 22.3 Å². The molecule has 0 unspecified atom stereocenters. The molecule has 1 N–H and O–H groups in total. The SMILES string of the molecule is C[C@@H]1CN(c2ccc(C#N)c3ncccc23)C[C@@H]2CN(CCc3ccc(N4CCN[C@@H](C)C4)cn3)CCN21. The molecule has 3 fully saturated rings. The smallest absolute Gasteiger partial charge is 0.101 e. The summed E-state index contributed by atoms with van der Waals surface area (Å²) in [4.78, 5) is 19.6. The van der Waals surface area contributed by atoms with Crippen LogP contribution >= 0.6 is 0 Å². The second kappa shape index (κ2) is 10.9. The number of nitriles is 1. The van der Waals surface area contributed by atoms with E-state index in [0.29, 0.717) is 23.7 Å². The molecule has 8 heteroatoms. The fraction of sp³-hybridized carbons (Fsp3) is 0.500. The van der Waals surface area contributed by atoms with E-state index in [-0.39, 0.29) is 0 Å². The largest absolute Gasteiger partial charge is 0.368 e. The predicted molar refractivity (Wildman–Crippen MR) is 153 cm³/mol. The van der Waals surface area contributed by atoms with Crippen LogP contribution in [0.2, 0.25) is 0 Å². The number of rotatable bonds is 5. The summed E-state index contributed by atoms with van der Waals surface area (Å²) in [5.41, 5.74) is 5.05. The molecule has 3 aliphatic heterocycles. The van der Waals surface area contributed by atoms with Crippen LogP contribution in [0.5, 0.6) is 0 Å². The Morgan fingerprint density at radius 1 is 0.974 bits per heavy atom. The maximum Gasteiger partial charge on any atom is 0.101 e. The second-order valence-electron chi connectivity index (χ2n) is 11.1. The Labute approximate surface area is 225 Å². The number of benzene rings is 1. The minimum Gasteiger partial charge on any atom is -0.368 e. The van der Waals surface area contributed by atoms with Crippen molar-refractivity contribution < 1.29 is 0 Å². The Kier molecular flexibility index (Phi) is 7.16. The van der Waals surface area contributed by atoms with E-state index in [1.165, 1.54) is 17.1 Å². The van der Waals surface area contributed by atoms with Gasteiger partial charge >= 0.3 is 0 Å². The lowest BCUT2D eigenvalue weighted by atomic mass is 10.0. The molecule has 0 radical (unpaired) electrons. The average Bonchev–Trinajstić information content (AvgIpc) is 2.95. The van der Waals surface area contributed by atoms with E-state index in [4.69, 9.17) is 4.98 Å². The first-order chi connectivity index (χ1) is 18.6. The highest BCUT2D eigenvalue weighted by atomic mass is 15.4. The molecule has 0 amide bonds. The molecule has 8 nitrogen and oxygen atoms in total. The number of pyridine rings is 2. The van der Waals surface area contributed by atoms with E-state index in [1.54, 1.807) is 6.20 Å². The fourth-order valence-electron chi connectivity index (χ4n) is 6.54. The molecule has 198 valence electrons. The van der Waals surface area contributed by atoms with Crippen molar-refractivity contribution in [1.82, 2.24) is 25.1 Å². The summed E-state index contributed by atoms with van der Waals surface area (Å²) in [6.45, 7) is 14.0. The van der Waals surface area contributed by atoms with Crippen LogP contribution in [0.3, 0.4) is 0 Å². The molecule has 3 aromatic rings. The van der Waals surface area contributed by atoms with Gasteiger partial charge in [0, 0.05) is 106 Å². The van der Waals surface area contributed by atoms with Gasteiger partial charge < -0.3 is 20.0 Å². The number of nitrogens with one attached hydrogen (secondary N) is 1. The van der Waals surface area contributed by atoms with Crippen molar-refractivity contribution in [3.8, 4) is 6.07 Å². The minimum absolute atomic E-state index is 0.486. The standard InChI is InChI=1S/C30H38N8/c1-22-18-36(13-11-32-22)26-7-6-25(34-17-26)9-12-35-14-15-38-23(2)19-37(21-27(38)20-35)29-8-5-24(16-31)30-28(29)4-3-10-33-30/h3-8,10,17,22-23,27,32H,9,11-15,18-21H2,1-2H3/t22-,23+,27-/m0/s1. The number of hydrogen-bond acceptors (Lipinski definition) is 8. The van der Waals surface area contributed by atoms with Crippen LogP contribution in [-0.4, -0.2) is 96.8 Å². The Hall–Kier alpha value is -3.25. The molecule has 3 atom stereocenters. The number of nitrogens with zero attached hydrogens (tertiary/aromatic N) is 7. The Bertz CT molecular complexity index is 1300. The van der Waals surface area contributed by atoms with Crippen LogP contribution in [0.1, 0.15) is 25.1 Å². The molecule has 1 aromatic carbocycles. The number of hydrogen-bond donors (Lipinski definition) is 1. The van der Waals surface area contributed by atoms with Gasteiger partial charge in [0.05, 0.1) is 23.0 Å². The van der Waals surface area contributed by atoms with Crippen molar-refractivity contribution in [3.05, 3.63) is 60.0 Å². The van der Waals surface area contributed by atoms with Crippen LogP contribution in [0, 0.1) is 11.3 Å². The molecular weight excluding hydrogens is 472 g/mol. The van der Waals surface area contributed by atoms with E-state index in [9.17, 15) is 5.26 Å². The predicted octanol–water partition coefficient (Wildman–Crippen LogP) is 2.74. The first kappa shape index (κ1) is 25.1. The third kappa shape index (κ3) is 5.06. The molecule has 3 aliphatic rings. The quantitative estimate of drug-likeness (QED) is 0.562. The summed E-state index contributed by atoms with van der Waals surface area (Å²) in [6, 6.07) is 16.4. The van der Waals surface area contributed by atoms with Crippen LogP contribution in [0.4, 0.5) is 11.4 Å². The highest BCUT2D eigenvalue weighted by Gasteiger charge is 2.36. The summed E-state index contributed by atoms with van der Waals surface area (Å²) in [6.07, 6.45) is 4.82. The molecule has 0 spiro atoms. The van der Waals surface area contributed by atoms with Crippen LogP contribution in [-0.2, 0) is 6.42 Å². The van der Waals surface area contributed by atoms with Crippen molar-refractivity contribution in [2.45, 2.75) is 38.4 Å². The minimum atomic E-state index is 0.486. The van der Waals surface area contributed by atoms with Gasteiger partial charge in [-0.15, -0.1) is 0 Å². The first-order valence-corrected chi connectivity index (χ1v) is 14.0. The van der Waals surface area contributed by atoms with Crippen molar-refractivity contribution in [1.29, 1.82) is 5.26 Å². The van der Waals surface area contributed by atoms with Crippen LogP contribution in [0.15, 0.2) is 48.8 Å². The normalized spacial score (nSPS) is 24.8. The van der Waals surface area contributed by atoms with Crippen LogP contribution < -0.4 is 15.1 Å². The van der Waals surface area contributed by atoms with Gasteiger partial charge in [-0.25, -0.2) is 0 Å². The first-order valence-electron chi connectivity index (χ1n) is 14.0. The third-order valence-corrected chi connectivity index (χ3v) is 8.53. The number of anilines is 2. The number of fused-ring (bicyclic) bond motifs is 2. The topological polar surface area (TPSA) is 74.6 Å². The molecular formula is C30H38N8. The van der Waals surface area contributed by atoms with Gasteiger partial charge in [0.1, 0.15) is 6.07 Å². The zero-order valence-corrected chi connectivity index (χ0v) is 22.6. The van der Waals surface area contributed by atoms with Crippen LogP contribution in [0.25, 0.3) is 10.9 Å². The van der Waals surface area contributed by atoms with Gasteiger partial charge in [-0.3, -0.25) is 14.9 Å². The lowest BCUT2D eigenvalue weighted by Gasteiger charge is -2.51. The lowest BCUT2D eigenvalue weighted by Crippen LogP contribution is -2.65. The monoisotopic (exact) mass is 510 g/mol. The number of piperazine rings is 3. The summed E-state index contributed by atoms with van der Waals surface area (Å²) >= 11 is 0. The highest BCUT2D eigenvalue weighted by Crippen LogP contribution is 2.32. The molecule has 0 saturated carbocycles. The van der Waals surface area contributed by atoms with Gasteiger partial charge in [0.15, 0.2) is 0 Å². The van der Waals surface area contributed by atoms with E-state index in [1.807, 2.05) is 12.1 Å². The van der Waals surface area contributed by atoms with Crippen molar-refractivity contribution in [2.75, 3.05) is 68.7 Å². The van der Waals surface area contributed by atoms with E-state index in [2.05, 4.69) is 80.3 Å². The summed E-state index contributed by atoms with van der Waals surface area (Å²) in [5, 5.41) is 14.1. The van der Waals surface area contributed by atoms with Gasteiger partial charge in [-0.1, -0.05) is 0 Å². The third-order valence-electron chi connectivity index (χ3n) is 8.53. The van der Waals surface area contributed by atoms with E-state index < -0.39 is 0 Å². The van der Waals surface area contributed by atoms with Gasteiger partial charge in [-0.2, -0.15) is 5.26 Å². The zero-order chi connectivity index (χ0) is 26.1. The summed E-state index contributed by atoms with van der Waals surface area (Å²) in [5.74, 6) is 0. The molecule has 5 heterocycles. The second-order valence-corrected chi connectivity index (χ2v) is 11.1. The Balaban J connectivity index is 1.10. The van der Waals surface area contributed by atoms with Gasteiger partial charge in [-0.05, 0) is 50.2 Å². The van der Waals surface area contributed by atoms with Gasteiger partial charge in [0.2, 0.25) is 0 Å². The van der Waals surface area contributed by atoms with E-state index >= 15 is 0 Å². The molecule has 0 aliphatic carbocycles. The maximum atomic E-state index is 9.55. The van der Waals surface area contributed by atoms with Crippen molar-refractivity contribution in [3.63, 3.8) is 0 Å². The molecule has 0 bridgehead atoms. The maximum absolute atomic E-state index is 9.55. The molecule has 38 heavy (non-hydrogen) atoms. The molecule has 2 aromatic heterocycles. The molecule has 6 rings (SSSR count). The van der Waals surface area contributed by atoms with E-state index in [0.717, 1.165) is 76.2 Å². The number of aromatic nitrogens is 2.